The van der Waals surface area contributed by atoms with E-state index in [0.717, 1.165) is 5.56 Å². The van der Waals surface area contributed by atoms with Gasteiger partial charge in [-0.25, -0.2) is 4.79 Å². The van der Waals surface area contributed by atoms with Gasteiger partial charge in [-0.1, -0.05) is 5.16 Å². The van der Waals surface area contributed by atoms with E-state index in [1.807, 2.05) is 0 Å². The van der Waals surface area contributed by atoms with Gasteiger partial charge in [0.05, 0.1) is 12.5 Å². The summed E-state index contributed by atoms with van der Waals surface area (Å²) in [5.74, 6) is 0.774. The number of hydrogen-bond acceptors (Lipinski definition) is 6. The topological polar surface area (TPSA) is 70.3 Å². The minimum atomic E-state index is -0.651. The molecule has 0 aliphatic carbocycles. The zero-order valence-electron chi connectivity index (χ0n) is 9.74. The van der Waals surface area contributed by atoms with Gasteiger partial charge in [-0.2, -0.15) is 0 Å². The van der Waals surface area contributed by atoms with Gasteiger partial charge in [0.1, 0.15) is 0 Å². The van der Waals surface area contributed by atoms with Crippen LogP contribution in [0.15, 0.2) is 46.2 Å². The van der Waals surface area contributed by atoms with E-state index in [2.05, 4.69) is 9.99 Å². The van der Waals surface area contributed by atoms with Gasteiger partial charge in [0.2, 0.25) is 12.6 Å². The van der Waals surface area contributed by atoms with Crippen LogP contribution >= 0.6 is 0 Å². The summed E-state index contributed by atoms with van der Waals surface area (Å²) in [6.45, 7) is 0.212. The third kappa shape index (κ3) is 2.42. The Kier molecular flexibility index (Phi) is 2.89. The van der Waals surface area contributed by atoms with Crippen molar-refractivity contribution in [2.75, 3.05) is 6.79 Å². The number of carbonyl (C=O) groups is 1. The van der Waals surface area contributed by atoms with Crippen LogP contribution in [0.3, 0.4) is 0 Å². The predicted octanol–water partition coefficient (Wildman–Crippen LogP) is 2.20. The normalized spacial score (nSPS) is 12.8. The van der Waals surface area contributed by atoms with Crippen LogP contribution in [0.2, 0.25) is 0 Å². The van der Waals surface area contributed by atoms with Crippen LogP contribution < -0.4 is 9.47 Å². The molecule has 1 aliphatic rings. The lowest BCUT2D eigenvalue weighted by Crippen LogP contribution is -1.98. The van der Waals surface area contributed by atoms with E-state index < -0.39 is 5.97 Å². The number of benzene rings is 1. The smallest absolute Gasteiger partial charge is 0.400 e. The number of nitrogens with zero attached hydrogens (tertiary/aromatic N) is 1. The van der Waals surface area contributed by atoms with E-state index in [4.69, 9.17) is 13.9 Å². The fraction of sp³-hybridized carbons (Fsp3) is 0.0769. The van der Waals surface area contributed by atoms with Crippen molar-refractivity contribution in [2.45, 2.75) is 0 Å². The SMILES string of the molecule is O=C(O/N=C\c1ccc2c(c1)OCO2)c1ccco1. The summed E-state index contributed by atoms with van der Waals surface area (Å²) in [6.07, 6.45) is 2.79. The molecule has 0 bridgehead atoms. The predicted molar refractivity (Wildman–Crippen MR) is 64.3 cm³/mol. The summed E-state index contributed by atoms with van der Waals surface area (Å²) >= 11 is 0. The lowest BCUT2D eigenvalue weighted by molar-refractivity contribution is 0.0483. The van der Waals surface area contributed by atoms with Crippen LogP contribution in [0.1, 0.15) is 16.1 Å². The zero-order chi connectivity index (χ0) is 13.1. The summed E-state index contributed by atoms with van der Waals surface area (Å²) < 4.78 is 15.3. The Bertz CT molecular complexity index is 618. The van der Waals surface area contributed by atoms with Crippen LogP contribution in [0, 0.1) is 0 Å². The minimum Gasteiger partial charge on any atom is -0.457 e. The number of rotatable bonds is 3. The van der Waals surface area contributed by atoms with Crippen molar-refractivity contribution in [2.24, 2.45) is 5.16 Å². The molecule has 19 heavy (non-hydrogen) atoms. The Morgan fingerprint density at radius 3 is 3.00 bits per heavy atom. The summed E-state index contributed by atoms with van der Waals surface area (Å²) in [7, 11) is 0. The number of carbonyl (C=O) groups excluding carboxylic acids is 1. The molecule has 2 heterocycles. The van der Waals surface area contributed by atoms with Gasteiger partial charge in [-0.15, -0.1) is 0 Å². The highest BCUT2D eigenvalue weighted by Crippen LogP contribution is 2.31. The van der Waals surface area contributed by atoms with E-state index >= 15 is 0 Å². The Morgan fingerprint density at radius 1 is 1.26 bits per heavy atom. The number of hydrogen-bond donors (Lipinski definition) is 0. The van der Waals surface area contributed by atoms with Crippen molar-refractivity contribution in [3.8, 4) is 11.5 Å². The van der Waals surface area contributed by atoms with E-state index in [1.54, 1.807) is 24.3 Å². The van der Waals surface area contributed by atoms with Crippen molar-refractivity contribution in [1.82, 2.24) is 0 Å². The first kappa shape index (κ1) is 11.3. The maximum absolute atomic E-state index is 11.4. The second-order valence-corrected chi connectivity index (χ2v) is 3.70. The quantitative estimate of drug-likeness (QED) is 0.480. The Balaban J connectivity index is 1.65. The van der Waals surface area contributed by atoms with Crippen molar-refractivity contribution in [3.05, 3.63) is 47.9 Å². The average Bonchev–Trinajstić information content (AvgIpc) is 3.09. The fourth-order valence-electron chi connectivity index (χ4n) is 1.57. The van der Waals surface area contributed by atoms with Crippen molar-refractivity contribution < 1.29 is 23.5 Å². The van der Waals surface area contributed by atoms with E-state index in [0.29, 0.717) is 11.5 Å². The highest BCUT2D eigenvalue weighted by Gasteiger charge is 2.13. The first-order valence-electron chi connectivity index (χ1n) is 5.51. The first-order chi connectivity index (χ1) is 9.33. The molecule has 0 saturated carbocycles. The van der Waals surface area contributed by atoms with Crippen LogP contribution in [-0.4, -0.2) is 19.0 Å². The van der Waals surface area contributed by atoms with E-state index in [-0.39, 0.29) is 12.6 Å². The van der Waals surface area contributed by atoms with Gasteiger partial charge < -0.3 is 18.7 Å². The van der Waals surface area contributed by atoms with Gasteiger partial charge in [-0.05, 0) is 30.3 Å². The molecule has 6 nitrogen and oxygen atoms in total. The molecule has 0 N–H and O–H groups in total. The number of fused-ring (bicyclic) bond motifs is 1. The third-order valence-corrected chi connectivity index (χ3v) is 2.46. The Morgan fingerprint density at radius 2 is 2.16 bits per heavy atom. The number of oxime groups is 1. The molecule has 0 amide bonds. The molecule has 1 aliphatic heterocycles. The summed E-state index contributed by atoms with van der Waals surface area (Å²) in [6, 6.07) is 8.37. The molecule has 6 heteroatoms. The first-order valence-corrected chi connectivity index (χ1v) is 5.51. The summed E-state index contributed by atoms with van der Waals surface area (Å²) in [5.41, 5.74) is 0.733. The summed E-state index contributed by atoms with van der Waals surface area (Å²) in [4.78, 5) is 16.1. The van der Waals surface area contributed by atoms with Crippen LogP contribution in [0.25, 0.3) is 0 Å². The molecular formula is C13H9NO5. The van der Waals surface area contributed by atoms with Crippen molar-refractivity contribution >= 4 is 12.2 Å². The second kappa shape index (κ2) is 4.85. The van der Waals surface area contributed by atoms with E-state index in [9.17, 15) is 4.79 Å². The molecule has 1 aromatic heterocycles. The highest BCUT2D eigenvalue weighted by molar-refractivity contribution is 5.87. The highest BCUT2D eigenvalue weighted by atomic mass is 16.7. The standard InChI is InChI=1S/C13H9NO5/c15-13(11-2-1-5-16-11)19-14-7-9-3-4-10-12(6-9)18-8-17-10/h1-7H,8H2/b14-7-. The van der Waals surface area contributed by atoms with Crippen LogP contribution in [0.5, 0.6) is 11.5 Å². The molecule has 0 radical (unpaired) electrons. The fourth-order valence-corrected chi connectivity index (χ4v) is 1.57. The van der Waals surface area contributed by atoms with Gasteiger partial charge in [0.25, 0.3) is 0 Å². The van der Waals surface area contributed by atoms with Crippen molar-refractivity contribution in [1.29, 1.82) is 0 Å². The zero-order valence-corrected chi connectivity index (χ0v) is 9.74. The van der Waals surface area contributed by atoms with Crippen LogP contribution in [-0.2, 0) is 4.84 Å². The van der Waals surface area contributed by atoms with Gasteiger partial charge in [-0.3, -0.25) is 0 Å². The molecular weight excluding hydrogens is 250 g/mol. The van der Waals surface area contributed by atoms with Crippen LogP contribution in [0.4, 0.5) is 0 Å². The van der Waals surface area contributed by atoms with Gasteiger partial charge >= 0.3 is 5.97 Å². The molecule has 96 valence electrons. The van der Waals surface area contributed by atoms with Gasteiger partial charge in [0.15, 0.2) is 11.5 Å². The molecule has 0 fully saturated rings. The molecule has 2 aromatic rings. The Hall–Kier alpha value is -2.76. The number of ether oxygens (including phenoxy) is 2. The second-order valence-electron chi connectivity index (χ2n) is 3.70. The molecule has 1 aromatic carbocycles. The lowest BCUT2D eigenvalue weighted by atomic mass is 10.2. The Labute approximate surface area is 108 Å². The number of furan rings is 1. The van der Waals surface area contributed by atoms with E-state index in [1.165, 1.54) is 18.5 Å². The largest absolute Gasteiger partial charge is 0.457 e. The van der Waals surface area contributed by atoms with Crippen molar-refractivity contribution in [3.63, 3.8) is 0 Å². The average molecular weight is 259 g/mol. The monoisotopic (exact) mass is 259 g/mol. The molecule has 0 saturated heterocycles. The minimum absolute atomic E-state index is 0.0998. The maximum atomic E-state index is 11.4. The maximum Gasteiger partial charge on any atom is 0.400 e. The van der Waals surface area contributed by atoms with Gasteiger partial charge in [0, 0.05) is 5.56 Å². The molecule has 0 spiro atoms. The molecule has 3 rings (SSSR count). The third-order valence-electron chi connectivity index (χ3n) is 2.46. The summed E-state index contributed by atoms with van der Waals surface area (Å²) in [5, 5.41) is 3.59. The molecule has 0 atom stereocenters. The molecule has 0 unspecified atom stereocenters. The lowest BCUT2D eigenvalue weighted by Gasteiger charge is -1.97.